The normalized spacial score (nSPS) is 14.6. The summed E-state index contributed by atoms with van der Waals surface area (Å²) in [6.45, 7) is 8.26. The fourth-order valence-electron chi connectivity index (χ4n) is 4.95. The van der Waals surface area contributed by atoms with Crippen LogP contribution in [0.5, 0.6) is 11.5 Å². The van der Waals surface area contributed by atoms with E-state index in [1.165, 1.54) is 23.0 Å². The Morgan fingerprint density at radius 1 is 0.955 bits per heavy atom. The summed E-state index contributed by atoms with van der Waals surface area (Å²) >= 11 is 1.20. The van der Waals surface area contributed by atoms with E-state index in [1.54, 1.807) is 68.5 Å². The lowest BCUT2D eigenvalue weighted by Gasteiger charge is -2.25. The van der Waals surface area contributed by atoms with Crippen LogP contribution < -0.4 is 24.4 Å². The van der Waals surface area contributed by atoms with Crippen molar-refractivity contribution in [1.82, 2.24) is 4.57 Å². The quantitative estimate of drug-likeness (QED) is 0.237. The maximum Gasteiger partial charge on any atom is 0.338 e. The first-order valence-corrected chi connectivity index (χ1v) is 15.0. The predicted octanol–water partition coefficient (Wildman–Crippen LogP) is 4.64. The molecule has 44 heavy (non-hydrogen) atoms. The van der Waals surface area contributed by atoms with Crippen LogP contribution >= 0.6 is 11.3 Å². The van der Waals surface area contributed by atoms with Crippen LogP contribution in [0, 0.1) is 0 Å². The van der Waals surface area contributed by atoms with Gasteiger partial charge < -0.3 is 23.4 Å². The van der Waals surface area contributed by atoms with Gasteiger partial charge in [-0.25, -0.2) is 14.6 Å². The zero-order valence-electron chi connectivity index (χ0n) is 25.0. The minimum absolute atomic E-state index is 0.173. The van der Waals surface area contributed by atoms with Gasteiger partial charge in [0.05, 0.1) is 54.3 Å². The van der Waals surface area contributed by atoms with Gasteiger partial charge in [-0.15, -0.1) is 0 Å². The molecule has 0 saturated heterocycles. The molecule has 10 nitrogen and oxygen atoms in total. The van der Waals surface area contributed by atoms with Gasteiger partial charge in [0.2, 0.25) is 0 Å². The molecule has 228 valence electrons. The second-order valence-corrected chi connectivity index (χ2v) is 10.7. The molecule has 11 heteroatoms. The number of hydrogen-bond donors (Lipinski definition) is 0. The first-order valence-electron chi connectivity index (χ1n) is 14.2. The van der Waals surface area contributed by atoms with Gasteiger partial charge in [-0.2, -0.15) is 0 Å². The Morgan fingerprint density at radius 3 is 2.36 bits per heavy atom. The summed E-state index contributed by atoms with van der Waals surface area (Å²) in [5.41, 5.74) is 2.24. The number of hydrogen-bond acceptors (Lipinski definition) is 10. The molecule has 0 radical (unpaired) electrons. The summed E-state index contributed by atoms with van der Waals surface area (Å²) in [5.74, 6) is 1.13. The van der Waals surface area contributed by atoms with Crippen molar-refractivity contribution in [3.05, 3.63) is 102 Å². The van der Waals surface area contributed by atoms with E-state index in [0.717, 1.165) is 5.56 Å². The van der Waals surface area contributed by atoms with Crippen LogP contribution in [0.2, 0.25) is 0 Å². The summed E-state index contributed by atoms with van der Waals surface area (Å²) < 4.78 is 29.7. The molecule has 0 aliphatic carbocycles. The summed E-state index contributed by atoms with van der Waals surface area (Å²) in [4.78, 5) is 44.1. The summed E-state index contributed by atoms with van der Waals surface area (Å²) in [7, 11) is 1.33. The third-order valence-corrected chi connectivity index (χ3v) is 7.87. The van der Waals surface area contributed by atoms with Gasteiger partial charge >= 0.3 is 11.9 Å². The minimum atomic E-state index is -0.803. The Balaban J connectivity index is 1.60. The highest BCUT2D eigenvalue weighted by atomic mass is 32.1. The standard InChI is InChI=1S/C33H32N2O8S/c1-6-40-25-15-13-22(17-26(25)41-7-2)29-28(32(38)42-8-3)19(4)34-33-35(29)30(36)27(44-33)18-23-14-16-24(43-23)20-9-11-21(12-10-20)31(37)39-5/h9-18,29H,6-8H2,1-5H3/b27-18-/t29-/m1/s1. The van der Waals surface area contributed by atoms with E-state index in [1.807, 2.05) is 19.9 Å². The fourth-order valence-corrected chi connectivity index (χ4v) is 5.97. The van der Waals surface area contributed by atoms with E-state index in [0.29, 0.717) is 62.4 Å². The molecule has 3 heterocycles. The average Bonchev–Trinajstić information content (AvgIpc) is 3.61. The predicted molar refractivity (Wildman–Crippen MR) is 165 cm³/mol. The topological polar surface area (TPSA) is 119 Å². The number of ether oxygens (including phenoxy) is 4. The molecule has 0 amide bonds. The van der Waals surface area contributed by atoms with E-state index in [9.17, 15) is 14.4 Å². The number of benzene rings is 2. The molecular weight excluding hydrogens is 584 g/mol. The largest absolute Gasteiger partial charge is 0.490 e. The van der Waals surface area contributed by atoms with E-state index in [-0.39, 0.29) is 17.7 Å². The van der Waals surface area contributed by atoms with Crippen molar-refractivity contribution in [1.29, 1.82) is 0 Å². The molecule has 4 aromatic rings. The second kappa shape index (κ2) is 13.2. The number of thiazole rings is 1. The van der Waals surface area contributed by atoms with Gasteiger partial charge in [0, 0.05) is 11.6 Å². The first kappa shape index (κ1) is 30.6. The number of allylic oxidation sites excluding steroid dienone is 1. The van der Waals surface area contributed by atoms with Crippen molar-refractivity contribution in [3.8, 4) is 22.8 Å². The van der Waals surface area contributed by atoms with Crippen LogP contribution in [0.25, 0.3) is 17.4 Å². The number of methoxy groups -OCH3 is 1. The molecule has 0 spiro atoms. The summed E-state index contributed by atoms with van der Waals surface area (Å²) in [6.07, 6.45) is 1.65. The first-order chi connectivity index (χ1) is 21.3. The van der Waals surface area contributed by atoms with E-state index in [2.05, 4.69) is 4.99 Å². The van der Waals surface area contributed by atoms with E-state index < -0.39 is 18.0 Å². The van der Waals surface area contributed by atoms with Crippen LogP contribution in [0.3, 0.4) is 0 Å². The van der Waals surface area contributed by atoms with Crippen molar-refractivity contribution in [2.75, 3.05) is 26.9 Å². The molecule has 0 bridgehead atoms. The van der Waals surface area contributed by atoms with Gasteiger partial charge in [-0.05, 0) is 69.7 Å². The molecule has 0 fully saturated rings. The number of carbonyl (C=O) groups is 2. The zero-order valence-corrected chi connectivity index (χ0v) is 25.9. The van der Waals surface area contributed by atoms with Gasteiger partial charge in [-0.1, -0.05) is 29.5 Å². The van der Waals surface area contributed by atoms with Crippen molar-refractivity contribution in [3.63, 3.8) is 0 Å². The van der Waals surface area contributed by atoms with Crippen molar-refractivity contribution in [2.24, 2.45) is 4.99 Å². The number of aromatic nitrogens is 1. The number of furan rings is 1. The number of rotatable bonds is 10. The number of fused-ring (bicyclic) bond motifs is 1. The number of esters is 2. The Hall–Kier alpha value is -4.90. The lowest BCUT2D eigenvalue weighted by molar-refractivity contribution is -0.139. The monoisotopic (exact) mass is 616 g/mol. The summed E-state index contributed by atoms with van der Waals surface area (Å²) in [6, 6.07) is 15.0. The smallest absolute Gasteiger partial charge is 0.338 e. The van der Waals surface area contributed by atoms with Gasteiger partial charge in [0.15, 0.2) is 16.3 Å². The van der Waals surface area contributed by atoms with Crippen molar-refractivity contribution >= 4 is 29.4 Å². The highest BCUT2D eigenvalue weighted by molar-refractivity contribution is 7.07. The van der Waals surface area contributed by atoms with Crippen LogP contribution in [-0.4, -0.2) is 43.4 Å². The Bertz CT molecular complexity index is 1910. The molecule has 1 aliphatic rings. The molecule has 0 unspecified atom stereocenters. The third-order valence-electron chi connectivity index (χ3n) is 6.89. The fraction of sp³-hybridized carbons (Fsp3) is 0.273. The Morgan fingerprint density at radius 2 is 1.68 bits per heavy atom. The average molecular weight is 617 g/mol. The molecule has 2 aromatic heterocycles. The maximum atomic E-state index is 14.0. The third kappa shape index (κ3) is 5.96. The van der Waals surface area contributed by atoms with Crippen LogP contribution in [0.1, 0.15) is 55.4 Å². The lowest BCUT2D eigenvalue weighted by Crippen LogP contribution is -2.40. The lowest BCUT2D eigenvalue weighted by atomic mass is 9.95. The van der Waals surface area contributed by atoms with Crippen molar-refractivity contribution < 1.29 is 33.0 Å². The van der Waals surface area contributed by atoms with E-state index >= 15 is 0 Å². The number of nitrogens with zero attached hydrogens (tertiary/aromatic N) is 2. The second-order valence-electron chi connectivity index (χ2n) is 9.65. The SMILES string of the molecule is CCOC(=O)C1=C(C)N=c2s/c(=C\c3ccc(-c4ccc(C(=O)OC)cc4)o3)c(=O)n2[C@@H]1c1ccc(OCC)c(OCC)c1. The van der Waals surface area contributed by atoms with Crippen molar-refractivity contribution in [2.45, 2.75) is 33.7 Å². The molecule has 1 atom stereocenters. The highest BCUT2D eigenvalue weighted by Gasteiger charge is 2.34. The van der Waals surface area contributed by atoms with Crippen LogP contribution in [0.15, 0.2) is 80.1 Å². The molecule has 0 N–H and O–H groups in total. The minimum Gasteiger partial charge on any atom is -0.490 e. The number of carbonyl (C=O) groups excluding carboxylic acids is 2. The molecule has 1 aliphatic heterocycles. The zero-order chi connectivity index (χ0) is 31.4. The van der Waals surface area contributed by atoms with Crippen LogP contribution in [0.4, 0.5) is 0 Å². The van der Waals surface area contributed by atoms with Crippen LogP contribution in [-0.2, 0) is 14.3 Å². The molecule has 0 saturated carbocycles. The summed E-state index contributed by atoms with van der Waals surface area (Å²) in [5, 5.41) is 0. The van der Waals surface area contributed by atoms with Gasteiger partial charge in [-0.3, -0.25) is 9.36 Å². The molecule has 5 rings (SSSR count). The van der Waals surface area contributed by atoms with Gasteiger partial charge in [0.25, 0.3) is 5.56 Å². The van der Waals surface area contributed by atoms with Gasteiger partial charge in [0.1, 0.15) is 11.5 Å². The maximum absolute atomic E-state index is 14.0. The molecular formula is C33H32N2O8S. The Kier molecular flexibility index (Phi) is 9.15. The molecule has 2 aromatic carbocycles. The highest BCUT2D eigenvalue weighted by Crippen LogP contribution is 2.36. The Labute approximate surface area is 257 Å². The van der Waals surface area contributed by atoms with E-state index in [4.69, 9.17) is 23.4 Å².